The van der Waals surface area contributed by atoms with Crippen LogP contribution in [0.3, 0.4) is 0 Å². The molecule has 0 atom stereocenters. The number of nitrogens with zero attached hydrogens (tertiary/aromatic N) is 5. The standard InChI is InChI=1S/C20H21N5O4/c1-13-21-16(11-17(22-13)29-2)23-7-9-24(10-8-23)18(26)12-25-19(27)14-5-3-4-6-15(14)20(25)28/h3-6,11H,7-10,12H2,1-2H3. The minimum absolute atomic E-state index is 0.240. The van der Waals surface area contributed by atoms with Gasteiger partial charge in [0.2, 0.25) is 11.8 Å². The third-order valence-electron chi connectivity index (χ3n) is 5.14. The molecule has 29 heavy (non-hydrogen) atoms. The fourth-order valence-corrected chi connectivity index (χ4v) is 3.59. The number of ether oxygens (including phenoxy) is 1. The number of aryl methyl sites for hydroxylation is 1. The number of carbonyl (C=O) groups is 3. The highest BCUT2D eigenvalue weighted by Gasteiger charge is 2.37. The first kappa shape index (κ1) is 18.9. The van der Waals surface area contributed by atoms with Gasteiger partial charge in [-0.15, -0.1) is 0 Å². The van der Waals surface area contributed by atoms with Gasteiger partial charge >= 0.3 is 0 Å². The Morgan fingerprint density at radius 1 is 1.03 bits per heavy atom. The smallest absolute Gasteiger partial charge is 0.262 e. The van der Waals surface area contributed by atoms with Gasteiger partial charge in [-0.1, -0.05) is 12.1 Å². The number of piperazine rings is 1. The lowest BCUT2D eigenvalue weighted by Gasteiger charge is -2.36. The Morgan fingerprint density at radius 2 is 1.66 bits per heavy atom. The van der Waals surface area contributed by atoms with Gasteiger partial charge in [0.25, 0.3) is 11.8 Å². The molecule has 3 amide bonds. The average Bonchev–Trinajstić information content (AvgIpc) is 2.98. The summed E-state index contributed by atoms with van der Waals surface area (Å²) in [4.78, 5) is 51.0. The molecule has 150 valence electrons. The number of carbonyl (C=O) groups excluding carboxylic acids is 3. The zero-order valence-electron chi connectivity index (χ0n) is 16.3. The van der Waals surface area contributed by atoms with Gasteiger partial charge in [-0.2, -0.15) is 4.98 Å². The second-order valence-electron chi connectivity index (χ2n) is 6.93. The Morgan fingerprint density at radius 3 is 2.24 bits per heavy atom. The Bertz CT molecular complexity index is 950. The quantitative estimate of drug-likeness (QED) is 0.705. The van der Waals surface area contributed by atoms with E-state index < -0.39 is 11.8 Å². The van der Waals surface area contributed by atoms with E-state index in [0.717, 1.165) is 10.7 Å². The largest absolute Gasteiger partial charge is 0.481 e. The summed E-state index contributed by atoms with van der Waals surface area (Å²) in [7, 11) is 1.56. The molecule has 3 heterocycles. The van der Waals surface area contributed by atoms with Crippen molar-refractivity contribution in [2.75, 3.05) is 44.7 Å². The maximum absolute atomic E-state index is 12.7. The van der Waals surface area contributed by atoms with Crippen LogP contribution < -0.4 is 9.64 Å². The van der Waals surface area contributed by atoms with Crippen molar-refractivity contribution >= 4 is 23.5 Å². The number of methoxy groups -OCH3 is 1. The highest BCUT2D eigenvalue weighted by molar-refractivity contribution is 6.22. The normalized spacial score (nSPS) is 16.3. The fraction of sp³-hybridized carbons (Fsp3) is 0.350. The van der Waals surface area contributed by atoms with E-state index in [4.69, 9.17) is 4.74 Å². The first-order valence-corrected chi connectivity index (χ1v) is 9.35. The van der Waals surface area contributed by atoms with Crippen molar-refractivity contribution in [2.45, 2.75) is 6.92 Å². The monoisotopic (exact) mass is 395 g/mol. The Labute approximate surface area is 167 Å². The van der Waals surface area contributed by atoms with Crippen LogP contribution >= 0.6 is 0 Å². The highest BCUT2D eigenvalue weighted by Crippen LogP contribution is 2.23. The summed E-state index contributed by atoms with van der Waals surface area (Å²) < 4.78 is 5.20. The summed E-state index contributed by atoms with van der Waals surface area (Å²) in [5.41, 5.74) is 0.700. The molecule has 0 saturated carbocycles. The molecule has 1 aromatic heterocycles. The van der Waals surface area contributed by atoms with Crippen LogP contribution in [0, 0.1) is 6.92 Å². The summed E-state index contributed by atoms with van der Waals surface area (Å²) in [5.74, 6) is 0.791. The van der Waals surface area contributed by atoms with Gasteiger partial charge < -0.3 is 14.5 Å². The van der Waals surface area contributed by atoms with Gasteiger partial charge in [0.05, 0.1) is 18.2 Å². The van der Waals surface area contributed by atoms with Crippen LogP contribution in [0.25, 0.3) is 0 Å². The number of aromatic nitrogens is 2. The number of anilines is 1. The second kappa shape index (κ2) is 7.50. The van der Waals surface area contributed by atoms with Crippen molar-refractivity contribution in [3.63, 3.8) is 0 Å². The van der Waals surface area contributed by atoms with Crippen molar-refractivity contribution in [3.05, 3.63) is 47.3 Å². The predicted octanol–water partition coefficient (Wildman–Crippen LogP) is 0.738. The second-order valence-corrected chi connectivity index (χ2v) is 6.93. The maximum Gasteiger partial charge on any atom is 0.262 e. The molecule has 1 fully saturated rings. The lowest BCUT2D eigenvalue weighted by atomic mass is 10.1. The number of rotatable bonds is 4. The van der Waals surface area contributed by atoms with Gasteiger partial charge in [-0.25, -0.2) is 4.98 Å². The van der Waals surface area contributed by atoms with Crippen LogP contribution in [-0.2, 0) is 4.79 Å². The van der Waals surface area contributed by atoms with Crippen molar-refractivity contribution in [3.8, 4) is 5.88 Å². The summed E-state index contributed by atoms with van der Waals surface area (Å²) in [6.45, 7) is 3.70. The van der Waals surface area contributed by atoms with Gasteiger partial charge in [0, 0.05) is 32.2 Å². The van der Waals surface area contributed by atoms with Crippen LogP contribution in [-0.4, -0.2) is 77.3 Å². The number of benzene rings is 1. The van der Waals surface area contributed by atoms with E-state index >= 15 is 0 Å². The van der Waals surface area contributed by atoms with E-state index in [1.165, 1.54) is 0 Å². The molecular formula is C20H21N5O4. The molecule has 1 aromatic carbocycles. The van der Waals surface area contributed by atoms with Gasteiger partial charge in [0.15, 0.2) is 0 Å². The molecule has 0 unspecified atom stereocenters. The number of hydrogen-bond donors (Lipinski definition) is 0. The third kappa shape index (κ3) is 3.51. The zero-order valence-corrected chi connectivity index (χ0v) is 16.3. The fourth-order valence-electron chi connectivity index (χ4n) is 3.59. The van der Waals surface area contributed by atoms with Crippen molar-refractivity contribution in [1.82, 2.24) is 19.8 Å². The van der Waals surface area contributed by atoms with Crippen molar-refractivity contribution < 1.29 is 19.1 Å². The van der Waals surface area contributed by atoms with Crippen LogP contribution in [0.5, 0.6) is 5.88 Å². The molecule has 2 aliphatic heterocycles. The van der Waals surface area contributed by atoms with E-state index in [1.807, 2.05) is 0 Å². The highest BCUT2D eigenvalue weighted by atomic mass is 16.5. The lowest BCUT2D eigenvalue weighted by Crippen LogP contribution is -2.52. The molecule has 0 bridgehead atoms. The maximum atomic E-state index is 12.7. The minimum atomic E-state index is -0.416. The van der Waals surface area contributed by atoms with E-state index in [-0.39, 0.29) is 12.5 Å². The number of imide groups is 1. The van der Waals surface area contributed by atoms with Gasteiger partial charge in [0.1, 0.15) is 18.2 Å². The molecule has 4 rings (SSSR count). The van der Waals surface area contributed by atoms with Crippen LogP contribution in [0.2, 0.25) is 0 Å². The molecule has 9 heteroatoms. The molecule has 0 aliphatic carbocycles. The topological polar surface area (TPSA) is 95.9 Å². The molecule has 1 saturated heterocycles. The zero-order chi connectivity index (χ0) is 20.5. The molecule has 0 radical (unpaired) electrons. The average molecular weight is 395 g/mol. The molecule has 0 N–H and O–H groups in total. The summed E-state index contributed by atoms with van der Waals surface area (Å²) in [6.07, 6.45) is 0. The molecule has 2 aromatic rings. The van der Waals surface area contributed by atoms with Crippen molar-refractivity contribution in [1.29, 1.82) is 0 Å². The molecule has 2 aliphatic rings. The molecule has 9 nitrogen and oxygen atoms in total. The molecule has 0 spiro atoms. The third-order valence-corrected chi connectivity index (χ3v) is 5.14. The van der Waals surface area contributed by atoms with Gasteiger partial charge in [-0.3, -0.25) is 19.3 Å². The van der Waals surface area contributed by atoms with Crippen molar-refractivity contribution in [2.24, 2.45) is 0 Å². The number of amides is 3. The van der Waals surface area contributed by atoms with Gasteiger partial charge in [-0.05, 0) is 19.1 Å². The Balaban J connectivity index is 1.38. The van der Waals surface area contributed by atoms with E-state index in [2.05, 4.69) is 14.9 Å². The minimum Gasteiger partial charge on any atom is -0.481 e. The van der Waals surface area contributed by atoms with Crippen LogP contribution in [0.4, 0.5) is 5.82 Å². The summed E-state index contributed by atoms with van der Waals surface area (Å²) >= 11 is 0. The first-order chi connectivity index (χ1) is 14.0. The Kier molecular flexibility index (Phi) is 4.87. The van der Waals surface area contributed by atoms with Crippen LogP contribution in [0.15, 0.2) is 30.3 Å². The van der Waals surface area contributed by atoms with E-state index in [1.54, 1.807) is 49.3 Å². The van der Waals surface area contributed by atoms with E-state index in [0.29, 0.717) is 49.0 Å². The predicted molar refractivity (Wildman–Crippen MR) is 104 cm³/mol. The summed E-state index contributed by atoms with van der Waals surface area (Å²) in [5, 5.41) is 0. The van der Waals surface area contributed by atoms with Crippen LogP contribution in [0.1, 0.15) is 26.5 Å². The Hall–Kier alpha value is -3.49. The van der Waals surface area contributed by atoms with E-state index in [9.17, 15) is 14.4 Å². The molecular weight excluding hydrogens is 374 g/mol. The number of hydrogen-bond acceptors (Lipinski definition) is 7. The lowest BCUT2D eigenvalue weighted by molar-refractivity contribution is -0.131. The first-order valence-electron chi connectivity index (χ1n) is 9.35. The number of fused-ring (bicyclic) bond motifs is 1. The SMILES string of the molecule is COc1cc(N2CCN(C(=O)CN3C(=O)c4ccccc4C3=O)CC2)nc(C)n1. The summed E-state index contributed by atoms with van der Waals surface area (Å²) in [6, 6.07) is 8.40.